The van der Waals surface area contributed by atoms with Crippen molar-refractivity contribution in [3.63, 3.8) is 0 Å². The van der Waals surface area contributed by atoms with Gasteiger partial charge < -0.3 is 9.84 Å². The Bertz CT molecular complexity index is 1040. The van der Waals surface area contributed by atoms with Crippen LogP contribution in [0.5, 0.6) is 0 Å². The lowest BCUT2D eigenvalue weighted by Crippen LogP contribution is -2.22. The van der Waals surface area contributed by atoms with Crippen molar-refractivity contribution in [2.75, 3.05) is 0 Å². The average molecular weight is 620 g/mol. The predicted octanol–water partition coefficient (Wildman–Crippen LogP) is 3.62. The van der Waals surface area contributed by atoms with Crippen LogP contribution in [0, 0.1) is 0 Å². The normalized spacial score (nSPS) is 15.1. The Balaban J connectivity index is 0.000000314. The number of carboxylic acids is 1. The molecule has 27 heavy (non-hydrogen) atoms. The maximum Gasteiger partial charge on any atom is 0.336 e. The lowest BCUT2D eigenvalue weighted by atomic mass is 9.89. The van der Waals surface area contributed by atoms with Crippen LogP contribution in [0.25, 0.3) is 0 Å². The number of carbonyl (C=O) groups is 1. The first kappa shape index (κ1) is 26.4. The fourth-order valence-corrected chi connectivity index (χ4v) is 19.5. The van der Waals surface area contributed by atoms with E-state index in [0.717, 1.165) is 11.1 Å². The molecule has 0 unspecified atom stereocenters. The number of rotatable bonds is 1. The zero-order chi connectivity index (χ0) is 20.7. The molecule has 1 aliphatic rings. The quantitative estimate of drug-likeness (QED) is 0.521. The van der Waals surface area contributed by atoms with Crippen LogP contribution in [0.3, 0.4) is 0 Å². The molecule has 0 saturated heterocycles. The Morgan fingerprint density at radius 2 is 1.33 bits per heavy atom. The van der Waals surface area contributed by atoms with Crippen LogP contribution in [-0.4, -0.2) is 11.1 Å². The van der Waals surface area contributed by atoms with E-state index in [4.69, 9.17) is 9.84 Å². The summed E-state index contributed by atoms with van der Waals surface area (Å²) < 4.78 is 6.58. The number of carboxylic acid groups (broad SMARTS) is 1. The molecular weight excluding hydrogens is 605 g/mol. The van der Waals surface area contributed by atoms with Crippen molar-refractivity contribution in [1.29, 1.82) is 0 Å². The lowest BCUT2D eigenvalue weighted by molar-refractivity contribution is -0.105. The molecule has 0 atom stereocenters. The van der Waals surface area contributed by atoms with E-state index in [1.807, 2.05) is 33.8 Å². The molecule has 1 aliphatic heterocycles. The Kier molecular flexibility index (Phi) is 12.0. The minimum Gasteiger partial charge on any atom is -0.478 e. The molecule has 1 heterocycles. The fraction of sp³-hybridized carbons (Fsp3) is 0.462. The number of ether oxygens (including phenoxy) is 1. The van der Waals surface area contributed by atoms with Crippen molar-refractivity contribution >= 4 is 115 Å². The van der Waals surface area contributed by atoms with Crippen molar-refractivity contribution in [1.82, 2.24) is 0 Å². The van der Waals surface area contributed by atoms with Gasteiger partial charge in [-0.15, -0.1) is 0 Å². The molecular formula is C13H15BrO3S10. The summed E-state index contributed by atoms with van der Waals surface area (Å²) >= 11 is 12.6. The summed E-state index contributed by atoms with van der Waals surface area (Å²) in [4.78, 5) is 11.1. The standard InChI is InChI=1S/C13H15BrO3.S10/c1-12(2)8-5-7(11(15)16)10(14)6-9(8)13(3,4)17-12;1-3-5-7-9-10-8-6-4-2/h5-6H,1-4H3,(H,15,16);. The zero-order valence-corrected chi connectivity index (χ0v) is 24.1. The summed E-state index contributed by atoms with van der Waals surface area (Å²) in [6, 6.07) is 3.56. The van der Waals surface area contributed by atoms with Gasteiger partial charge in [0.2, 0.25) is 0 Å². The molecule has 0 aromatic heterocycles. The van der Waals surface area contributed by atoms with Crippen molar-refractivity contribution in [3.8, 4) is 0 Å². The molecule has 152 valence electrons. The van der Waals surface area contributed by atoms with Crippen LogP contribution in [0.1, 0.15) is 49.2 Å². The van der Waals surface area contributed by atoms with Crippen LogP contribution < -0.4 is 0 Å². The number of halogens is 1. The second kappa shape index (κ2) is 12.2. The maximum atomic E-state index is 11.1. The number of benzene rings is 1. The van der Waals surface area contributed by atoms with Gasteiger partial charge in [0.15, 0.2) is 0 Å². The third-order valence-electron chi connectivity index (χ3n) is 3.34. The molecule has 2 rings (SSSR count). The number of fused-ring (bicyclic) bond motifs is 1. The van der Waals surface area contributed by atoms with Gasteiger partial charge in [-0.05, 0) is 66.9 Å². The van der Waals surface area contributed by atoms with Crippen LogP contribution in [0.15, 0.2) is 16.6 Å². The molecule has 0 saturated carbocycles. The van der Waals surface area contributed by atoms with Crippen LogP contribution in [0.2, 0.25) is 0 Å². The molecule has 0 bridgehead atoms. The van der Waals surface area contributed by atoms with E-state index in [0.29, 0.717) is 4.47 Å². The van der Waals surface area contributed by atoms with Crippen molar-refractivity contribution in [3.05, 3.63) is 33.3 Å². The Hall–Kier alpha value is 1.33. The Labute approximate surface area is 199 Å². The largest absolute Gasteiger partial charge is 0.478 e. The van der Waals surface area contributed by atoms with E-state index in [2.05, 4.69) is 38.3 Å². The van der Waals surface area contributed by atoms with Gasteiger partial charge in [-0.2, -0.15) is 0 Å². The zero-order valence-electron chi connectivity index (χ0n) is 14.4. The van der Waals surface area contributed by atoms with E-state index in [-0.39, 0.29) is 5.56 Å². The van der Waals surface area contributed by atoms with Gasteiger partial charge >= 0.3 is 5.97 Å². The smallest absolute Gasteiger partial charge is 0.336 e. The average Bonchev–Trinajstić information content (AvgIpc) is 2.74. The van der Waals surface area contributed by atoms with E-state index in [1.165, 1.54) is 17.8 Å². The van der Waals surface area contributed by atoms with Crippen LogP contribution in [0.4, 0.5) is 0 Å². The highest BCUT2D eigenvalue weighted by Crippen LogP contribution is 2.48. The first-order valence-electron chi connectivity index (χ1n) is 6.93. The molecule has 1 aromatic carbocycles. The summed E-state index contributed by atoms with van der Waals surface area (Å²) in [6.45, 7) is 7.90. The summed E-state index contributed by atoms with van der Waals surface area (Å²) in [5.41, 5.74) is 1.42. The van der Waals surface area contributed by atoms with E-state index >= 15 is 0 Å². The fourth-order valence-electron chi connectivity index (χ4n) is 2.55. The second-order valence-electron chi connectivity index (χ2n) is 5.85. The van der Waals surface area contributed by atoms with Gasteiger partial charge in [0, 0.05) is 97.9 Å². The highest BCUT2D eigenvalue weighted by Gasteiger charge is 2.43. The van der Waals surface area contributed by atoms with Gasteiger partial charge in [-0.1, -0.05) is 0 Å². The summed E-state index contributed by atoms with van der Waals surface area (Å²) in [6.07, 6.45) is 0. The van der Waals surface area contributed by atoms with Crippen LogP contribution in [-0.2, 0) is 109 Å². The third kappa shape index (κ3) is 8.17. The molecule has 0 radical (unpaired) electrons. The summed E-state index contributed by atoms with van der Waals surface area (Å²) in [5.74, 6) is -0.930. The highest BCUT2D eigenvalue weighted by atomic mass is 79.9. The van der Waals surface area contributed by atoms with Crippen molar-refractivity contribution in [2.24, 2.45) is 0 Å². The molecule has 14 heteroatoms. The van der Waals surface area contributed by atoms with Gasteiger partial charge in [-0.25, -0.2) is 4.79 Å². The van der Waals surface area contributed by atoms with Crippen LogP contribution >= 0.6 is 15.9 Å². The minimum absolute atomic E-state index is 0.276. The molecule has 1 aromatic rings. The lowest BCUT2D eigenvalue weighted by Gasteiger charge is -2.24. The van der Waals surface area contributed by atoms with E-state index in [1.54, 1.807) is 59.3 Å². The predicted molar refractivity (Wildman–Crippen MR) is 142 cm³/mol. The third-order valence-corrected chi connectivity index (χ3v) is 19.6. The molecule has 0 amide bonds. The second-order valence-corrected chi connectivity index (χ2v) is 20.9. The minimum atomic E-state index is -0.930. The molecule has 0 spiro atoms. The molecule has 0 aliphatic carbocycles. The topological polar surface area (TPSA) is 46.5 Å². The molecule has 0 fully saturated rings. The maximum absolute atomic E-state index is 11.1. The van der Waals surface area contributed by atoms with E-state index in [9.17, 15) is 4.79 Å². The first-order valence-corrected chi connectivity index (χ1v) is 19.7. The van der Waals surface area contributed by atoms with Gasteiger partial charge in [-0.3, -0.25) is 0 Å². The highest BCUT2D eigenvalue weighted by molar-refractivity contribution is 9.10. The Morgan fingerprint density at radius 1 is 0.926 bits per heavy atom. The summed E-state index contributed by atoms with van der Waals surface area (Å²) in [7, 11) is 12.7. The first-order chi connectivity index (χ1) is 12.6. The van der Waals surface area contributed by atoms with E-state index < -0.39 is 17.2 Å². The van der Waals surface area contributed by atoms with Gasteiger partial charge in [0.25, 0.3) is 0 Å². The number of hydrogen-bond acceptors (Lipinski definition) is 4. The van der Waals surface area contributed by atoms with Crippen molar-refractivity contribution < 1.29 is 14.6 Å². The molecule has 3 nitrogen and oxygen atoms in total. The van der Waals surface area contributed by atoms with Gasteiger partial charge in [0.05, 0.1) is 16.8 Å². The molecule has 1 N–H and O–H groups in total. The summed E-state index contributed by atoms with van der Waals surface area (Å²) in [5, 5.41) is 9.13. The number of hydrogen-bond donors (Lipinski definition) is 1. The Morgan fingerprint density at radius 3 is 1.74 bits per heavy atom. The number of aromatic carboxylic acids is 1. The van der Waals surface area contributed by atoms with Crippen molar-refractivity contribution in [2.45, 2.75) is 38.9 Å². The monoisotopic (exact) mass is 618 g/mol. The SMILES string of the molecule is CC1(C)OC(C)(C)c2cc(C(=O)O)c(Br)cc21.S=S=S=S=S=S=S=S=S=S. The van der Waals surface area contributed by atoms with Gasteiger partial charge in [0.1, 0.15) is 0 Å².